The molecule has 2 aromatic carbocycles. The van der Waals surface area contributed by atoms with E-state index in [0.29, 0.717) is 5.56 Å². The molecule has 8 heteroatoms. The van der Waals surface area contributed by atoms with Crippen molar-refractivity contribution in [3.8, 4) is 0 Å². The van der Waals surface area contributed by atoms with Crippen molar-refractivity contribution >= 4 is 17.7 Å². The minimum Gasteiger partial charge on any atom is -0.545 e. The fourth-order valence-electron chi connectivity index (χ4n) is 1.95. The highest BCUT2D eigenvalue weighted by Crippen LogP contribution is 2.34. The molecule has 126 valence electrons. The van der Waals surface area contributed by atoms with E-state index in [1.807, 2.05) is 0 Å². The van der Waals surface area contributed by atoms with Crippen molar-refractivity contribution < 1.29 is 27.9 Å². The lowest BCUT2D eigenvalue weighted by atomic mass is 10.1. The second-order valence-electron chi connectivity index (χ2n) is 4.84. The van der Waals surface area contributed by atoms with Crippen molar-refractivity contribution in [1.82, 2.24) is 5.32 Å². The number of nitrogens with one attached hydrogen (secondary N) is 2. The van der Waals surface area contributed by atoms with Crippen molar-refractivity contribution in [3.05, 3.63) is 65.2 Å². The minimum absolute atomic E-state index is 0.0118. The van der Waals surface area contributed by atoms with Crippen LogP contribution in [0.1, 0.15) is 21.5 Å². The highest BCUT2D eigenvalue weighted by atomic mass is 19.4. The molecule has 0 bridgehead atoms. The number of alkyl halides is 3. The number of aromatic carboxylic acids is 1. The maximum absolute atomic E-state index is 12.8. The number of anilines is 1. The van der Waals surface area contributed by atoms with E-state index in [4.69, 9.17) is 0 Å². The number of carbonyl (C=O) groups is 2. The second kappa shape index (κ2) is 7.03. The number of carbonyl (C=O) groups excluding carboxylic acids is 2. The summed E-state index contributed by atoms with van der Waals surface area (Å²) in [6.45, 7) is 0.0212. The zero-order valence-electron chi connectivity index (χ0n) is 12.2. The third-order valence-corrected chi connectivity index (χ3v) is 3.12. The molecular formula is C16H12F3N2O3-. The van der Waals surface area contributed by atoms with Crippen molar-refractivity contribution in [1.29, 1.82) is 0 Å². The van der Waals surface area contributed by atoms with E-state index in [0.717, 1.165) is 12.1 Å². The molecule has 24 heavy (non-hydrogen) atoms. The Morgan fingerprint density at radius 1 is 1.00 bits per heavy atom. The quantitative estimate of drug-likeness (QED) is 0.899. The Morgan fingerprint density at radius 3 is 2.21 bits per heavy atom. The molecule has 2 rings (SSSR count). The molecular weight excluding hydrogens is 325 g/mol. The third-order valence-electron chi connectivity index (χ3n) is 3.12. The van der Waals surface area contributed by atoms with E-state index in [9.17, 15) is 27.9 Å². The lowest BCUT2D eigenvalue weighted by Gasteiger charge is -2.14. The topological polar surface area (TPSA) is 81.3 Å². The van der Waals surface area contributed by atoms with Crippen molar-refractivity contribution in [2.45, 2.75) is 12.7 Å². The maximum atomic E-state index is 12.8. The molecule has 0 spiro atoms. The smallest absolute Gasteiger partial charge is 0.418 e. The van der Waals surface area contributed by atoms with Gasteiger partial charge < -0.3 is 20.5 Å². The first-order chi connectivity index (χ1) is 11.3. The van der Waals surface area contributed by atoms with Gasteiger partial charge in [0, 0.05) is 6.54 Å². The molecule has 0 aliphatic heterocycles. The van der Waals surface area contributed by atoms with Crippen LogP contribution in [0.15, 0.2) is 48.5 Å². The zero-order chi connectivity index (χ0) is 17.7. The summed E-state index contributed by atoms with van der Waals surface area (Å²) < 4.78 is 38.5. The van der Waals surface area contributed by atoms with Crippen LogP contribution in [-0.4, -0.2) is 12.0 Å². The van der Waals surface area contributed by atoms with E-state index in [2.05, 4.69) is 10.6 Å². The summed E-state index contributed by atoms with van der Waals surface area (Å²) in [6.07, 6.45) is -4.58. The minimum atomic E-state index is -4.58. The monoisotopic (exact) mass is 337 g/mol. The van der Waals surface area contributed by atoms with Crippen LogP contribution < -0.4 is 15.7 Å². The van der Waals surface area contributed by atoms with Gasteiger partial charge in [0.1, 0.15) is 0 Å². The average molecular weight is 337 g/mol. The van der Waals surface area contributed by atoms with Gasteiger partial charge in [-0.25, -0.2) is 4.79 Å². The molecule has 2 amide bonds. The molecule has 0 fully saturated rings. The Kier molecular flexibility index (Phi) is 5.08. The van der Waals surface area contributed by atoms with Crippen LogP contribution >= 0.6 is 0 Å². The highest BCUT2D eigenvalue weighted by Gasteiger charge is 2.33. The standard InChI is InChI=1S/C16H13F3N2O3/c17-16(18,19)12-3-1-2-4-13(12)21-15(24)20-9-10-5-7-11(8-6-10)14(22)23/h1-8H,9H2,(H,22,23)(H2,20,21,24)/p-1. The molecule has 2 N–H and O–H groups in total. The second-order valence-corrected chi connectivity index (χ2v) is 4.84. The van der Waals surface area contributed by atoms with Gasteiger partial charge in [0.25, 0.3) is 0 Å². The number of para-hydroxylation sites is 1. The van der Waals surface area contributed by atoms with Crippen molar-refractivity contribution in [3.63, 3.8) is 0 Å². The number of carboxylic acid groups (broad SMARTS) is 1. The number of benzene rings is 2. The fourth-order valence-corrected chi connectivity index (χ4v) is 1.95. The Balaban J connectivity index is 1.98. The molecule has 0 saturated carbocycles. The molecule has 0 atom stereocenters. The van der Waals surface area contributed by atoms with Crippen LogP contribution in [0.2, 0.25) is 0 Å². The summed E-state index contributed by atoms with van der Waals surface area (Å²) in [5, 5.41) is 15.1. The van der Waals surface area contributed by atoms with Crippen LogP contribution in [0.3, 0.4) is 0 Å². The third kappa shape index (κ3) is 4.48. The molecule has 0 aromatic heterocycles. The molecule has 0 unspecified atom stereocenters. The van der Waals surface area contributed by atoms with Gasteiger partial charge in [0.05, 0.1) is 17.2 Å². The SMILES string of the molecule is O=C(NCc1ccc(C(=O)[O-])cc1)Nc1ccccc1C(F)(F)F. The van der Waals surface area contributed by atoms with Gasteiger partial charge in [0.15, 0.2) is 0 Å². The summed E-state index contributed by atoms with van der Waals surface area (Å²) in [5.41, 5.74) is -0.727. The maximum Gasteiger partial charge on any atom is 0.418 e. The van der Waals surface area contributed by atoms with Gasteiger partial charge in [-0.3, -0.25) is 0 Å². The first-order valence-electron chi connectivity index (χ1n) is 6.79. The molecule has 0 aliphatic carbocycles. The van der Waals surface area contributed by atoms with Gasteiger partial charge in [-0.05, 0) is 23.3 Å². The first kappa shape index (κ1) is 17.3. The van der Waals surface area contributed by atoms with Crippen LogP contribution in [0.5, 0.6) is 0 Å². The van der Waals surface area contributed by atoms with E-state index >= 15 is 0 Å². The lowest BCUT2D eigenvalue weighted by molar-refractivity contribution is -0.255. The van der Waals surface area contributed by atoms with Crippen LogP contribution in [0.25, 0.3) is 0 Å². The normalized spacial score (nSPS) is 11.0. The number of hydrogen-bond donors (Lipinski definition) is 2. The van der Waals surface area contributed by atoms with Gasteiger partial charge >= 0.3 is 12.2 Å². The van der Waals surface area contributed by atoms with Gasteiger partial charge in [-0.15, -0.1) is 0 Å². The first-order valence-corrected chi connectivity index (χ1v) is 6.79. The molecule has 0 saturated heterocycles. The van der Waals surface area contributed by atoms with Crippen molar-refractivity contribution in [2.75, 3.05) is 5.32 Å². The number of hydrogen-bond acceptors (Lipinski definition) is 3. The summed E-state index contributed by atoms with van der Waals surface area (Å²) in [7, 11) is 0. The largest absolute Gasteiger partial charge is 0.545 e. The van der Waals surface area contributed by atoms with E-state index in [1.165, 1.54) is 36.4 Å². The van der Waals surface area contributed by atoms with E-state index < -0.39 is 23.7 Å². The number of urea groups is 1. The van der Waals surface area contributed by atoms with Crippen LogP contribution in [-0.2, 0) is 12.7 Å². The van der Waals surface area contributed by atoms with Crippen molar-refractivity contribution in [2.24, 2.45) is 0 Å². The summed E-state index contributed by atoms with van der Waals surface area (Å²) in [6, 6.07) is 9.37. The van der Waals surface area contributed by atoms with Gasteiger partial charge in [0.2, 0.25) is 0 Å². The number of halogens is 3. The predicted octanol–water partition coefficient (Wildman–Crippen LogP) is 2.39. The summed E-state index contributed by atoms with van der Waals surface area (Å²) in [4.78, 5) is 22.4. The predicted molar refractivity (Wildman–Crippen MR) is 78.1 cm³/mol. The van der Waals surface area contributed by atoms with E-state index in [1.54, 1.807) is 0 Å². The Labute approximate surface area is 135 Å². The Hall–Kier alpha value is -3.03. The Bertz CT molecular complexity index is 743. The number of carboxylic acids is 1. The molecule has 0 radical (unpaired) electrons. The fraction of sp³-hybridized carbons (Fsp3) is 0.125. The highest BCUT2D eigenvalue weighted by molar-refractivity contribution is 5.90. The van der Waals surface area contributed by atoms with Gasteiger partial charge in [-0.2, -0.15) is 13.2 Å². The zero-order valence-corrected chi connectivity index (χ0v) is 12.2. The molecule has 2 aromatic rings. The molecule has 5 nitrogen and oxygen atoms in total. The van der Waals surface area contributed by atoms with Crippen LogP contribution in [0.4, 0.5) is 23.7 Å². The van der Waals surface area contributed by atoms with Crippen LogP contribution in [0, 0.1) is 0 Å². The molecule has 0 heterocycles. The summed E-state index contributed by atoms with van der Waals surface area (Å²) >= 11 is 0. The van der Waals surface area contributed by atoms with Gasteiger partial charge in [-0.1, -0.05) is 36.4 Å². The summed E-state index contributed by atoms with van der Waals surface area (Å²) in [5.74, 6) is -1.32. The number of amides is 2. The molecule has 0 aliphatic rings. The number of rotatable bonds is 4. The lowest BCUT2D eigenvalue weighted by Crippen LogP contribution is -2.29. The van der Waals surface area contributed by atoms with E-state index in [-0.39, 0.29) is 17.8 Å². The Morgan fingerprint density at radius 2 is 1.62 bits per heavy atom. The average Bonchev–Trinajstić information content (AvgIpc) is 2.53.